The summed E-state index contributed by atoms with van der Waals surface area (Å²) in [6.45, 7) is 6.24. The first-order valence-corrected chi connectivity index (χ1v) is 9.03. The number of anilines is 3. The highest BCUT2D eigenvalue weighted by molar-refractivity contribution is 6.03. The zero-order valence-corrected chi connectivity index (χ0v) is 14.9. The number of hydrogen-bond donors (Lipinski definition) is 1. The number of nitrogens with zero attached hydrogens (tertiary/aromatic N) is 3. The smallest absolute Gasteiger partial charge is 0.227 e. The van der Waals surface area contributed by atoms with Gasteiger partial charge in [0.2, 0.25) is 5.95 Å². The molecule has 1 N–H and O–H groups in total. The summed E-state index contributed by atoms with van der Waals surface area (Å²) in [5, 5.41) is 3.36. The highest BCUT2D eigenvalue weighted by Crippen LogP contribution is 2.38. The van der Waals surface area contributed by atoms with E-state index in [1.54, 1.807) is 0 Å². The summed E-state index contributed by atoms with van der Waals surface area (Å²) in [7, 11) is 0. The van der Waals surface area contributed by atoms with Crippen molar-refractivity contribution < 1.29 is 4.79 Å². The summed E-state index contributed by atoms with van der Waals surface area (Å²) in [5.41, 5.74) is 2.45. The summed E-state index contributed by atoms with van der Waals surface area (Å²) in [5.74, 6) is 1.54. The number of benzene rings is 1. The van der Waals surface area contributed by atoms with Crippen molar-refractivity contribution in [2.75, 3.05) is 23.3 Å². The Kier molecular flexibility index (Phi) is 3.94. The Hall–Kier alpha value is -2.43. The highest BCUT2D eigenvalue weighted by Gasteiger charge is 2.35. The maximum atomic E-state index is 12.8. The molecule has 1 aliphatic heterocycles. The fraction of sp³-hybridized carbons (Fsp3) is 0.450. The molecular formula is C20H24N4O. The molecule has 5 nitrogen and oxygen atoms in total. The van der Waals surface area contributed by atoms with E-state index in [-0.39, 0.29) is 11.2 Å². The largest absolute Gasteiger partial charge is 0.341 e. The van der Waals surface area contributed by atoms with Crippen LogP contribution >= 0.6 is 0 Å². The second kappa shape index (κ2) is 6.14. The van der Waals surface area contributed by atoms with E-state index >= 15 is 0 Å². The number of aromatic nitrogens is 2. The number of carbonyl (C=O) groups is 1. The molecule has 5 heteroatoms. The van der Waals surface area contributed by atoms with Crippen LogP contribution in [0, 0.1) is 5.41 Å². The number of hydrogen-bond acceptors (Lipinski definition) is 5. The third kappa shape index (κ3) is 3.23. The Morgan fingerprint density at radius 3 is 2.48 bits per heavy atom. The predicted molar refractivity (Wildman–Crippen MR) is 99.6 cm³/mol. The van der Waals surface area contributed by atoms with Gasteiger partial charge in [-0.15, -0.1) is 0 Å². The first kappa shape index (κ1) is 16.1. The van der Waals surface area contributed by atoms with E-state index in [1.807, 2.05) is 30.3 Å². The van der Waals surface area contributed by atoms with Gasteiger partial charge in [0.15, 0.2) is 5.78 Å². The monoisotopic (exact) mass is 336 g/mol. The Bertz CT molecular complexity index is 795. The molecule has 1 saturated heterocycles. The van der Waals surface area contributed by atoms with Crippen molar-refractivity contribution in [1.82, 2.24) is 9.97 Å². The van der Waals surface area contributed by atoms with Gasteiger partial charge in [0.25, 0.3) is 0 Å². The zero-order valence-electron chi connectivity index (χ0n) is 14.9. The number of ketones is 1. The predicted octanol–water partition coefficient (Wildman–Crippen LogP) is 3.98. The molecular weight excluding hydrogens is 312 g/mol. The summed E-state index contributed by atoms with van der Waals surface area (Å²) in [6, 6.07) is 9.90. The van der Waals surface area contributed by atoms with Crippen LogP contribution in [0.5, 0.6) is 0 Å². The van der Waals surface area contributed by atoms with E-state index in [0.29, 0.717) is 17.8 Å². The lowest BCUT2D eigenvalue weighted by atomic mass is 9.75. The summed E-state index contributed by atoms with van der Waals surface area (Å²) in [4.78, 5) is 24.6. The Morgan fingerprint density at radius 2 is 1.76 bits per heavy atom. The number of carbonyl (C=O) groups excluding carboxylic acids is 1. The highest BCUT2D eigenvalue weighted by atomic mass is 16.1. The van der Waals surface area contributed by atoms with Crippen molar-refractivity contribution in [2.45, 2.75) is 39.5 Å². The molecule has 0 unspecified atom stereocenters. The van der Waals surface area contributed by atoms with Gasteiger partial charge in [0.1, 0.15) is 5.82 Å². The summed E-state index contributed by atoms with van der Waals surface area (Å²) in [6.07, 6.45) is 3.69. The van der Waals surface area contributed by atoms with E-state index in [4.69, 9.17) is 9.97 Å². The van der Waals surface area contributed by atoms with Crippen LogP contribution in [0.25, 0.3) is 0 Å². The van der Waals surface area contributed by atoms with Crippen molar-refractivity contribution in [1.29, 1.82) is 0 Å². The standard InChI is InChI=1S/C20H24N4O/c1-20(2)12-15-17(16(25)13-20)18(21-14-8-4-3-5-9-14)23-19(22-15)24-10-6-7-11-24/h3-5,8-9H,6-7,10-13H2,1-2H3,(H,21,22,23). The van der Waals surface area contributed by atoms with Crippen LogP contribution in [0.2, 0.25) is 0 Å². The van der Waals surface area contributed by atoms with E-state index in [1.165, 1.54) is 12.8 Å². The van der Waals surface area contributed by atoms with Gasteiger partial charge < -0.3 is 10.2 Å². The average molecular weight is 336 g/mol. The fourth-order valence-electron chi connectivity index (χ4n) is 3.76. The minimum atomic E-state index is -0.0509. The van der Waals surface area contributed by atoms with Crippen LogP contribution in [0.4, 0.5) is 17.5 Å². The molecule has 1 fully saturated rings. The van der Waals surface area contributed by atoms with Crippen LogP contribution in [0.3, 0.4) is 0 Å². The van der Waals surface area contributed by atoms with Crippen LogP contribution in [-0.4, -0.2) is 28.8 Å². The normalized spacial score (nSPS) is 19.0. The maximum Gasteiger partial charge on any atom is 0.227 e. The van der Waals surface area contributed by atoms with E-state index in [0.717, 1.165) is 36.8 Å². The van der Waals surface area contributed by atoms with E-state index in [2.05, 4.69) is 24.1 Å². The van der Waals surface area contributed by atoms with Crippen molar-refractivity contribution >= 4 is 23.2 Å². The lowest BCUT2D eigenvalue weighted by Gasteiger charge is -2.31. The molecule has 4 rings (SSSR count). The van der Waals surface area contributed by atoms with Gasteiger partial charge in [0.05, 0.1) is 11.3 Å². The lowest BCUT2D eigenvalue weighted by molar-refractivity contribution is 0.0911. The molecule has 2 aliphatic rings. The van der Waals surface area contributed by atoms with Crippen LogP contribution in [0.15, 0.2) is 30.3 Å². The Labute approximate surface area is 148 Å². The number of nitrogens with one attached hydrogen (secondary N) is 1. The maximum absolute atomic E-state index is 12.8. The topological polar surface area (TPSA) is 58.1 Å². The minimum absolute atomic E-state index is 0.0509. The number of fused-ring (bicyclic) bond motifs is 1. The molecule has 0 spiro atoms. The lowest BCUT2D eigenvalue weighted by Crippen LogP contribution is -2.31. The second-order valence-electron chi connectivity index (χ2n) is 7.82. The SMILES string of the molecule is CC1(C)CC(=O)c2c(nc(N3CCCC3)nc2Nc2ccccc2)C1. The molecule has 0 radical (unpaired) electrons. The van der Waals surface area contributed by atoms with Crippen molar-refractivity contribution in [3.63, 3.8) is 0 Å². The molecule has 130 valence electrons. The van der Waals surface area contributed by atoms with E-state index in [9.17, 15) is 4.79 Å². The van der Waals surface area contributed by atoms with Gasteiger partial charge in [-0.2, -0.15) is 4.98 Å². The van der Waals surface area contributed by atoms with Gasteiger partial charge in [-0.1, -0.05) is 32.0 Å². The Morgan fingerprint density at radius 1 is 1.04 bits per heavy atom. The average Bonchev–Trinajstić information content (AvgIpc) is 3.08. The molecule has 0 bridgehead atoms. The number of Topliss-reactive ketones (excluding diaryl/α,β-unsaturated/α-hetero) is 1. The van der Waals surface area contributed by atoms with Gasteiger partial charge in [0, 0.05) is 25.2 Å². The fourth-order valence-corrected chi connectivity index (χ4v) is 3.76. The second-order valence-corrected chi connectivity index (χ2v) is 7.82. The molecule has 0 saturated carbocycles. The molecule has 2 aromatic rings. The molecule has 1 aromatic carbocycles. The molecule has 1 aliphatic carbocycles. The quantitative estimate of drug-likeness (QED) is 0.919. The minimum Gasteiger partial charge on any atom is -0.341 e. The first-order valence-electron chi connectivity index (χ1n) is 9.03. The number of rotatable bonds is 3. The van der Waals surface area contributed by atoms with Gasteiger partial charge in [-0.25, -0.2) is 4.98 Å². The van der Waals surface area contributed by atoms with Gasteiger partial charge in [-0.05, 0) is 36.8 Å². The summed E-state index contributed by atoms with van der Waals surface area (Å²) < 4.78 is 0. The van der Waals surface area contributed by atoms with E-state index < -0.39 is 0 Å². The molecule has 2 heterocycles. The van der Waals surface area contributed by atoms with Crippen molar-refractivity contribution in [2.24, 2.45) is 5.41 Å². The number of para-hydroxylation sites is 1. The zero-order chi connectivity index (χ0) is 17.4. The van der Waals surface area contributed by atoms with Gasteiger partial charge >= 0.3 is 0 Å². The third-order valence-electron chi connectivity index (χ3n) is 4.96. The van der Waals surface area contributed by atoms with Crippen LogP contribution in [0.1, 0.15) is 49.2 Å². The molecule has 1 aromatic heterocycles. The molecule has 25 heavy (non-hydrogen) atoms. The molecule has 0 amide bonds. The first-order chi connectivity index (χ1) is 12.0. The Balaban J connectivity index is 1.80. The summed E-state index contributed by atoms with van der Waals surface area (Å²) >= 11 is 0. The van der Waals surface area contributed by atoms with Crippen molar-refractivity contribution in [3.8, 4) is 0 Å². The van der Waals surface area contributed by atoms with Crippen LogP contribution in [-0.2, 0) is 6.42 Å². The third-order valence-corrected chi connectivity index (χ3v) is 4.96. The van der Waals surface area contributed by atoms with Crippen LogP contribution < -0.4 is 10.2 Å². The molecule has 0 atom stereocenters. The van der Waals surface area contributed by atoms with Crippen molar-refractivity contribution in [3.05, 3.63) is 41.6 Å². The van der Waals surface area contributed by atoms with Gasteiger partial charge in [-0.3, -0.25) is 4.79 Å².